The van der Waals surface area contributed by atoms with Crippen molar-refractivity contribution in [2.45, 2.75) is 32.1 Å². The number of aromatic nitrogens is 3. The summed E-state index contributed by atoms with van der Waals surface area (Å²) in [6.07, 6.45) is 3.43. The van der Waals surface area contributed by atoms with E-state index in [1.54, 1.807) is 11.0 Å². The maximum absolute atomic E-state index is 14.0. The van der Waals surface area contributed by atoms with E-state index in [9.17, 15) is 19.2 Å². The van der Waals surface area contributed by atoms with Crippen molar-refractivity contribution in [2.24, 2.45) is 0 Å². The second kappa shape index (κ2) is 15.1. The van der Waals surface area contributed by atoms with E-state index in [1.165, 1.54) is 7.11 Å². The molecule has 14 heteroatoms. The first-order valence-electron chi connectivity index (χ1n) is 18.9. The van der Waals surface area contributed by atoms with Crippen molar-refractivity contribution >= 4 is 105 Å². The van der Waals surface area contributed by atoms with Gasteiger partial charge in [-0.25, -0.2) is 4.79 Å². The predicted octanol–water partition coefficient (Wildman–Crippen LogP) is 6.81. The molecule has 9 rings (SSSR count). The van der Waals surface area contributed by atoms with E-state index in [1.807, 2.05) is 95.0 Å². The highest BCUT2D eigenvalue weighted by Crippen LogP contribution is 2.40. The molecule has 0 radical (unpaired) electrons. The van der Waals surface area contributed by atoms with Crippen molar-refractivity contribution in [2.75, 3.05) is 66.2 Å². The zero-order valence-corrected chi connectivity index (χ0v) is 34.2. The Morgan fingerprint density at radius 2 is 1.13 bits per heavy atom. The summed E-state index contributed by atoms with van der Waals surface area (Å²) in [5.74, 6) is -0.527. The molecule has 6 aromatic rings. The topological polar surface area (TPSA) is 138 Å². The molecule has 3 aliphatic rings. The van der Waals surface area contributed by atoms with Crippen LogP contribution < -0.4 is 14.7 Å². The van der Waals surface area contributed by atoms with Crippen molar-refractivity contribution in [3.8, 4) is 0 Å². The van der Waals surface area contributed by atoms with Gasteiger partial charge >= 0.3 is 5.97 Å². The van der Waals surface area contributed by atoms with Crippen LogP contribution in [0.5, 0.6) is 0 Å². The number of hydrogen-bond donors (Lipinski definition) is 3. The molecule has 0 saturated heterocycles. The molecule has 0 spiro atoms. The summed E-state index contributed by atoms with van der Waals surface area (Å²) in [5.41, 5.74) is 9.72. The first-order valence-corrected chi connectivity index (χ1v) is 20.3. The second-order valence-electron chi connectivity index (χ2n) is 14.4. The molecule has 2 atom stereocenters. The number of rotatable bonds is 7. The van der Waals surface area contributed by atoms with Crippen molar-refractivity contribution < 1.29 is 25.3 Å². The van der Waals surface area contributed by atoms with Crippen LogP contribution in [0.3, 0.4) is 0 Å². The first kappa shape index (κ1) is 35.9. The number of carbonyl (C=O) groups is 4. The Morgan fingerprint density at radius 1 is 0.727 bits per heavy atom. The highest BCUT2D eigenvalue weighted by molar-refractivity contribution is 14.1. The number of hydrogen-bond acceptors (Lipinski definition) is 6. The average Bonchev–Trinajstić information content (AvgIpc) is 4.02. The Hall–Kier alpha value is -4.72. The number of methoxy groups -OCH3 is 1. The van der Waals surface area contributed by atoms with Gasteiger partial charge in [-0.2, -0.15) is 0 Å². The van der Waals surface area contributed by atoms with Gasteiger partial charge in [0, 0.05) is 81.3 Å². The molecule has 12 nitrogen and oxygen atoms in total. The minimum Gasteiger partial charge on any atom is -0.464 e. The SMILES string of the molecule is COC(=O)c1cc2c3c(ccc2[nH]1)N(C(=O)c1cc2c4c(ccc2[nH]1)N(C(=O)c1cc2c5c(ccc2[nH]1)N(C(=O)CCCN(C)C)CC5)CC4)CC3.[2H]C(P)I. The van der Waals surface area contributed by atoms with E-state index in [4.69, 9.17) is 6.11 Å². The summed E-state index contributed by atoms with van der Waals surface area (Å²) in [4.78, 5) is 70.6. The Kier molecular flexibility index (Phi) is 9.86. The van der Waals surface area contributed by atoms with Crippen LogP contribution in [0.15, 0.2) is 54.6 Å². The standard InChI is InChI=1S/C40H39N7O5.CH4IP/c1-44(2)15-4-5-37(48)45-16-12-22-25-19-31(41-28(25)6-9-34(22)45)38(49)46-17-13-23-26-20-32(42-29(26)7-10-35(23)46)39(50)47-18-14-24-27-21-33(40(51)52-3)43-30(27)8-11-36(24)47;2-1-3/h6-11,19-21,41-43H,4-5,12-18H2,1-3H3;1,3H2/i;1D. The lowest BCUT2D eigenvalue weighted by Crippen LogP contribution is -2.29. The van der Waals surface area contributed by atoms with Crippen LogP contribution in [0.25, 0.3) is 32.7 Å². The van der Waals surface area contributed by atoms with Gasteiger partial charge in [0.25, 0.3) is 11.8 Å². The lowest BCUT2D eigenvalue weighted by atomic mass is 10.1. The van der Waals surface area contributed by atoms with Gasteiger partial charge in [0.15, 0.2) is 0 Å². The minimum absolute atomic E-state index is 0.0300. The number of halogens is 1. The molecule has 0 saturated carbocycles. The fourth-order valence-corrected chi connectivity index (χ4v) is 8.44. The fraction of sp³-hybridized carbons (Fsp3) is 0.317. The molecule has 3 aromatic carbocycles. The van der Waals surface area contributed by atoms with E-state index < -0.39 is 5.97 Å². The number of carbonyl (C=O) groups excluding carboxylic acids is 4. The second-order valence-corrected chi connectivity index (χ2v) is 16.8. The smallest absolute Gasteiger partial charge is 0.354 e. The summed E-state index contributed by atoms with van der Waals surface area (Å²) in [6, 6.07) is 17.3. The molecule has 0 aliphatic carbocycles. The van der Waals surface area contributed by atoms with Gasteiger partial charge in [0.05, 0.1) is 7.11 Å². The zero-order valence-electron chi connectivity index (χ0n) is 31.9. The monoisotopic (exact) mass is 872 g/mol. The lowest BCUT2D eigenvalue weighted by Gasteiger charge is -2.18. The maximum atomic E-state index is 14.0. The molecular formula is C41H43IN7O5P. The number of benzene rings is 3. The zero-order chi connectivity index (χ0) is 39.4. The lowest BCUT2D eigenvalue weighted by molar-refractivity contribution is -0.118. The third-order valence-corrected chi connectivity index (χ3v) is 11.0. The van der Waals surface area contributed by atoms with Gasteiger partial charge in [-0.3, -0.25) is 14.4 Å². The van der Waals surface area contributed by atoms with Gasteiger partial charge < -0.3 is 39.3 Å². The number of ether oxygens (including phenoxy) is 1. The highest BCUT2D eigenvalue weighted by Gasteiger charge is 2.33. The van der Waals surface area contributed by atoms with E-state index in [-0.39, 0.29) is 21.9 Å². The van der Waals surface area contributed by atoms with Crippen LogP contribution in [-0.4, -0.2) is 95.1 Å². The molecule has 3 amide bonds. The molecule has 6 heterocycles. The Balaban J connectivity index is 0.00000105. The number of nitrogens with one attached hydrogen (secondary N) is 3. The third kappa shape index (κ3) is 6.59. The molecule has 3 aromatic heterocycles. The number of aromatic amines is 3. The van der Waals surface area contributed by atoms with Gasteiger partial charge in [-0.15, -0.1) is 9.24 Å². The predicted molar refractivity (Wildman–Crippen MR) is 229 cm³/mol. The van der Waals surface area contributed by atoms with Crippen LogP contribution in [0.2, 0.25) is 0 Å². The van der Waals surface area contributed by atoms with E-state index in [0.29, 0.717) is 56.0 Å². The molecule has 3 N–H and O–H groups in total. The number of anilines is 3. The first-order chi connectivity index (χ1) is 26.9. The van der Waals surface area contributed by atoms with Crippen molar-refractivity contribution in [3.63, 3.8) is 0 Å². The number of esters is 1. The van der Waals surface area contributed by atoms with Crippen LogP contribution in [-0.2, 0) is 28.8 Å². The van der Waals surface area contributed by atoms with Gasteiger partial charge in [-0.1, -0.05) is 22.6 Å². The number of amides is 3. The van der Waals surface area contributed by atoms with Crippen LogP contribution in [0.4, 0.5) is 17.1 Å². The summed E-state index contributed by atoms with van der Waals surface area (Å²) in [6.45, 7) is 2.58. The normalized spacial score (nSPS) is 15.3. The van der Waals surface area contributed by atoms with Gasteiger partial charge in [0.2, 0.25) is 5.91 Å². The number of nitrogens with zero attached hydrogens (tertiary/aromatic N) is 4. The fourth-order valence-electron chi connectivity index (χ4n) is 8.44. The maximum Gasteiger partial charge on any atom is 0.354 e. The molecule has 284 valence electrons. The number of alkyl halides is 1. The largest absolute Gasteiger partial charge is 0.464 e. The van der Waals surface area contributed by atoms with Gasteiger partial charge in [-0.05, 0) is 118 Å². The molecule has 55 heavy (non-hydrogen) atoms. The molecule has 0 bridgehead atoms. The molecule has 0 fully saturated rings. The molecular weight excluding hydrogens is 828 g/mol. The Labute approximate surface area is 335 Å². The average molecular weight is 873 g/mol. The minimum atomic E-state index is -0.432. The van der Waals surface area contributed by atoms with E-state index in [0.717, 1.165) is 85.8 Å². The Morgan fingerprint density at radius 3 is 1.56 bits per heavy atom. The third-order valence-electron chi connectivity index (χ3n) is 11.0. The molecule has 2 unspecified atom stereocenters. The Bertz CT molecular complexity index is 2560. The van der Waals surface area contributed by atoms with E-state index >= 15 is 0 Å². The van der Waals surface area contributed by atoms with Gasteiger partial charge in [0.1, 0.15) is 17.1 Å². The summed E-state index contributed by atoms with van der Waals surface area (Å²) in [5, 5.41) is 2.83. The summed E-state index contributed by atoms with van der Waals surface area (Å²) >= 11 is 1.97. The number of H-pyrrole nitrogens is 3. The highest BCUT2D eigenvalue weighted by atomic mass is 127. The van der Waals surface area contributed by atoms with Crippen LogP contribution in [0.1, 0.15) is 62.4 Å². The molecule has 3 aliphatic heterocycles. The van der Waals surface area contributed by atoms with Crippen LogP contribution in [0, 0.1) is 0 Å². The van der Waals surface area contributed by atoms with Crippen molar-refractivity contribution in [3.05, 3.63) is 88.4 Å². The van der Waals surface area contributed by atoms with E-state index in [2.05, 4.69) is 29.1 Å². The quantitative estimate of drug-likeness (QED) is 0.0699. The summed E-state index contributed by atoms with van der Waals surface area (Å²) < 4.78 is 11.4. The van der Waals surface area contributed by atoms with Crippen molar-refractivity contribution in [1.82, 2.24) is 19.9 Å². The van der Waals surface area contributed by atoms with Crippen LogP contribution >= 0.6 is 31.8 Å². The summed E-state index contributed by atoms with van der Waals surface area (Å²) in [7, 11) is 7.69. The number of fused-ring (bicyclic) bond motifs is 9. The van der Waals surface area contributed by atoms with Crippen molar-refractivity contribution in [1.29, 1.82) is 0 Å².